The van der Waals surface area contributed by atoms with Gasteiger partial charge in [0.2, 0.25) is 0 Å². The van der Waals surface area contributed by atoms with Crippen molar-refractivity contribution in [2.45, 2.75) is 61.5 Å². The minimum atomic E-state index is -0.440. The van der Waals surface area contributed by atoms with E-state index in [2.05, 4.69) is 0 Å². The van der Waals surface area contributed by atoms with Crippen LogP contribution in [0.15, 0.2) is 12.2 Å². The quantitative estimate of drug-likeness (QED) is 0.479. The fraction of sp³-hybridized carbons (Fsp3) is 0.765. The van der Waals surface area contributed by atoms with Gasteiger partial charge in [0.25, 0.3) is 0 Å². The number of ether oxygens (including phenoxy) is 2. The van der Waals surface area contributed by atoms with Gasteiger partial charge in [-0.3, -0.25) is 9.59 Å². The van der Waals surface area contributed by atoms with Crippen molar-refractivity contribution < 1.29 is 19.1 Å². The van der Waals surface area contributed by atoms with E-state index >= 15 is 0 Å². The summed E-state index contributed by atoms with van der Waals surface area (Å²) in [6.07, 6.45) is 4.33. The largest absolute Gasteiger partial charge is 0.462 e. The van der Waals surface area contributed by atoms with Crippen molar-refractivity contribution in [2.75, 3.05) is 27.2 Å². The summed E-state index contributed by atoms with van der Waals surface area (Å²) >= 11 is 0. The van der Waals surface area contributed by atoms with Crippen LogP contribution in [0.2, 0.25) is 0 Å². The van der Waals surface area contributed by atoms with Crippen LogP contribution in [0.3, 0.4) is 0 Å². The fourth-order valence-electron chi connectivity index (χ4n) is 1.40. The summed E-state index contributed by atoms with van der Waals surface area (Å²) in [5.41, 5.74) is 0. The predicted molar refractivity (Wildman–Crippen MR) is 93.9 cm³/mol. The third kappa shape index (κ3) is 18.6. The molecule has 0 radical (unpaired) electrons. The fourth-order valence-corrected chi connectivity index (χ4v) is 1.40. The molecule has 1 unspecified atom stereocenters. The zero-order chi connectivity index (χ0) is 14.7. The number of esters is 2. The Bertz CT molecular complexity index is 301. The van der Waals surface area contributed by atoms with E-state index in [9.17, 15) is 9.59 Å². The Morgan fingerprint density at radius 2 is 1.73 bits per heavy atom. The normalized spacial score (nSPS) is 11.0. The first-order chi connectivity index (χ1) is 8.95. The van der Waals surface area contributed by atoms with Gasteiger partial charge in [0.15, 0.2) is 0 Å². The molecule has 0 aromatic carbocycles. The van der Waals surface area contributed by atoms with Gasteiger partial charge in [-0.1, -0.05) is 34.4 Å². The molecule has 0 N–H and O–H groups in total. The third-order valence-corrected chi connectivity index (χ3v) is 2.35. The van der Waals surface area contributed by atoms with E-state index in [1.807, 2.05) is 32.0 Å². The minimum Gasteiger partial charge on any atom is -0.462 e. The highest BCUT2D eigenvalue weighted by Gasteiger charge is 2.14. The summed E-state index contributed by atoms with van der Waals surface area (Å²) in [6.45, 7) is 4.65. The van der Waals surface area contributed by atoms with Gasteiger partial charge >= 0.3 is 11.9 Å². The maximum absolute atomic E-state index is 11.5. The lowest BCUT2D eigenvalue weighted by Gasteiger charge is -2.13. The molecule has 5 heteroatoms. The van der Waals surface area contributed by atoms with Crippen molar-refractivity contribution in [1.29, 1.82) is 0 Å². The van der Waals surface area contributed by atoms with Crippen LogP contribution >= 0.6 is 0 Å². The van der Waals surface area contributed by atoms with E-state index in [4.69, 9.17) is 9.47 Å². The minimum absolute atomic E-state index is 0. The Balaban J connectivity index is -0.000000540. The molecule has 0 aromatic rings. The van der Waals surface area contributed by atoms with Crippen molar-refractivity contribution in [2.24, 2.45) is 0 Å². The monoisotopic (exact) mass is 319 g/mol. The molecule has 0 aromatic heterocycles. The number of rotatable bonds is 9. The second-order valence-corrected chi connectivity index (χ2v) is 4.66. The number of carbonyl (C=O) groups is 2. The molecule has 0 amide bonds. The summed E-state index contributed by atoms with van der Waals surface area (Å²) < 4.78 is 10.1. The van der Waals surface area contributed by atoms with E-state index in [1.165, 1.54) is 0 Å². The van der Waals surface area contributed by atoms with Crippen LogP contribution in [0.4, 0.5) is 0 Å². The number of allylic oxidation sites excluding steroid dienone is 1. The number of nitrogens with zero attached hydrogens (tertiary/aromatic N) is 1. The molecule has 0 aliphatic heterocycles. The maximum Gasteiger partial charge on any atom is 0.309 e. The van der Waals surface area contributed by atoms with Gasteiger partial charge in [-0.2, -0.15) is 0 Å². The number of carbonyl (C=O) groups excluding carboxylic acids is 2. The molecule has 0 spiro atoms. The summed E-state index contributed by atoms with van der Waals surface area (Å²) in [4.78, 5) is 24.8. The molecule has 0 aliphatic carbocycles. The van der Waals surface area contributed by atoms with Gasteiger partial charge in [0.1, 0.15) is 12.7 Å². The first kappa shape index (κ1) is 28.8. The van der Waals surface area contributed by atoms with Crippen molar-refractivity contribution in [3.05, 3.63) is 12.2 Å². The van der Waals surface area contributed by atoms with Crippen LogP contribution in [-0.4, -0.2) is 50.2 Å². The maximum atomic E-state index is 11.5. The molecule has 0 heterocycles. The molecule has 1 atom stereocenters. The van der Waals surface area contributed by atoms with E-state index in [0.29, 0.717) is 6.42 Å². The van der Waals surface area contributed by atoms with Crippen molar-refractivity contribution >= 4 is 11.9 Å². The summed E-state index contributed by atoms with van der Waals surface area (Å²) in [6, 6.07) is 0. The van der Waals surface area contributed by atoms with Crippen molar-refractivity contribution in [1.82, 2.24) is 4.90 Å². The zero-order valence-corrected chi connectivity index (χ0v) is 12.3. The van der Waals surface area contributed by atoms with Gasteiger partial charge in [-0.25, -0.2) is 0 Å². The lowest BCUT2D eigenvalue weighted by molar-refractivity contribution is -0.153. The summed E-state index contributed by atoms with van der Waals surface area (Å²) in [5.74, 6) is -0.623. The van der Waals surface area contributed by atoms with Crippen LogP contribution < -0.4 is 0 Å². The molecule has 0 saturated carbocycles. The van der Waals surface area contributed by atoms with E-state index < -0.39 is 6.10 Å². The van der Waals surface area contributed by atoms with Crippen LogP contribution in [0.1, 0.15) is 55.4 Å². The molecule has 5 nitrogen and oxygen atoms in total. The Morgan fingerprint density at radius 1 is 1.14 bits per heavy atom. The Kier molecular flexibility index (Phi) is 23.1. The number of hydrogen-bond acceptors (Lipinski definition) is 5. The average Bonchev–Trinajstić information content (AvgIpc) is 2.28. The molecule has 134 valence electrons. The standard InChI is InChI=1S/C14H25NO4.3CH4/c1-5-6-10-18-14(17)11-12(2)19-13(16)8-7-9-15(3)4;;;/h5-6,12H,7-11H2,1-4H3;3*1H4/b6-5+;;;. The first-order valence-electron chi connectivity index (χ1n) is 6.56. The smallest absolute Gasteiger partial charge is 0.309 e. The summed E-state index contributed by atoms with van der Waals surface area (Å²) in [5, 5.41) is 0. The molecular formula is C17H37NO4. The second kappa shape index (κ2) is 17.7. The lowest BCUT2D eigenvalue weighted by Crippen LogP contribution is -2.21. The second-order valence-electron chi connectivity index (χ2n) is 4.66. The van der Waals surface area contributed by atoms with Crippen LogP contribution in [-0.2, 0) is 19.1 Å². The van der Waals surface area contributed by atoms with Crippen LogP contribution in [0.25, 0.3) is 0 Å². The Morgan fingerprint density at radius 3 is 2.23 bits per heavy atom. The van der Waals surface area contributed by atoms with Crippen molar-refractivity contribution in [3.8, 4) is 0 Å². The van der Waals surface area contributed by atoms with E-state index in [0.717, 1.165) is 13.0 Å². The topological polar surface area (TPSA) is 55.8 Å². The highest BCUT2D eigenvalue weighted by atomic mass is 16.6. The highest BCUT2D eigenvalue weighted by Crippen LogP contribution is 2.03. The Labute approximate surface area is 137 Å². The average molecular weight is 319 g/mol. The molecule has 0 rings (SSSR count). The molecular weight excluding hydrogens is 282 g/mol. The lowest BCUT2D eigenvalue weighted by atomic mass is 10.2. The third-order valence-electron chi connectivity index (χ3n) is 2.35. The Hall–Kier alpha value is -1.36. The van der Waals surface area contributed by atoms with Gasteiger partial charge in [-0.15, -0.1) is 0 Å². The van der Waals surface area contributed by atoms with E-state index in [1.54, 1.807) is 13.0 Å². The predicted octanol–water partition coefficient (Wildman–Crippen LogP) is 3.68. The SMILES string of the molecule is C.C.C.C/C=C/COC(=O)CC(C)OC(=O)CCCN(C)C. The molecule has 0 bridgehead atoms. The van der Waals surface area contributed by atoms with E-state index in [-0.39, 0.29) is 47.2 Å². The first-order valence-corrected chi connectivity index (χ1v) is 6.56. The van der Waals surface area contributed by atoms with Gasteiger partial charge in [0, 0.05) is 6.42 Å². The highest BCUT2D eigenvalue weighted by molar-refractivity contribution is 5.72. The van der Waals surface area contributed by atoms with Gasteiger partial charge in [-0.05, 0) is 40.9 Å². The van der Waals surface area contributed by atoms with Gasteiger partial charge in [0.05, 0.1) is 6.42 Å². The molecule has 0 saturated heterocycles. The van der Waals surface area contributed by atoms with Gasteiger partial charge < -0.3 is 14.4 Å². The zero-order valence-electron chi connectivity index (χ0n) is 12.3. The van der Waals surface area contributed by atoms with Crippen LogP contribution in [0, 0.1) is 0 Å². The number of hydrogen-bond donors (Lipinski definition) is 0. The molecule has 22 heavy (non-hydrogen) atoms. The van der Waals surface area contributed by atoms with Crippen molar-refractivity contribution in [3.63, 3.8) is 0 Å². The molecule has 0 aliphatic rings. The summed E-state index contributed by atoms with van der Waals surface area (Å²) in [7, 11) is 3.91. The molecule has 0 fully saturated rings. The van der Waals surface area contributed by atoms with Crippen LogP contribution in [0.5, 0.6) is 0 Å².